The summed E-state index contributed by atoms with van der Waals surface area (Å²) in [6.07, 6.45) is 0. The molecule has 7 nitrogen and oxygen atoms in total. The maximum atomic E-state index is 12.5. The van der Waals surface area contributed by atoms with Gasteiger partial charge in [0.05, 0.1) is 28.5 Å². The van der Waals surface area contributed by atoms with Gasteiger partial charge in [-0.25, -0.2) is 4.79 Å². The van der Waals surface area contributed by atoms with Gasteiger partial charge in [0.15, 0.2) is 5.78 Å². The highest BCUT2D eigenvalue weighted by molar-refractivity contribution is 6.21. The van der Waals surface area contributed by atoms with Crippen molar-refractivity contribution in [1.82, 2.24) is 4.98 Å². The Kier molecular flexibility index (Phi) is 3.40. The van der Waals surface area contributed by atoms with Crippen LogP contribution in [0.15, 0.2) is 24.3 Å². The van der Waals surface area contributed by atoms with E-state index in [1.807, 2.05) is 0 Å². The van der Waals surface area contributed by atoms with E-state index in [9.17, 15) is 19.7 Å². The van der Waals surface area contributed by atoms with E-state index in [1.54, 1.807) is 13.8 Å². The van der Waals surface area contributed by atoms with Crippen LogP contribution >= 0.6 is 0 Å². The molecule has 0 radical (unpaired) electrons. The number of pyridine rings is 1. The van der Waals surface area contributed by atoms with Crippen LogP contribution in [0.1, 0.15) is 38.9 Å². The highest BCUT2D eigenvalue weighted by Gasteiger charge is 2.31. The van der Waals surface area contributed by atoms with Crippen molar-refractivity contribution >= 4 is 17.4 Å². The summed E-state index contributed by atoms with van der Waals surface area (Å²) in [5, 5.41) is 10.9. The lowest BCUT2D eigenvalue weighted by Gasteiger charge is -2.07. The highest BCUT2D eigenvalue weighted by atomic mass is 16.6. The third-order valence-corrected chi connectivity index (χ3v) is 3.67. The van der Waals surface area contributed by atoms with Crippen molar-refractivity contribution < 1.29 is 19.2 Å². The summed E-state index contributed by atoms with van der Waals surface area (Å²) < 4.78 is 4.95. The molecule has 0 unspecified atom stereocenters. The van der Waals surface area contributed by atoms with Crippen molar-refractivity contribution in [1.29, 1.82) is 0 Å². The Morgan fingerprint density at radius 2 is 2.00 bits per heavy atom. The molecule has 1 aromatic heterocycles. The summed E-state index contributed by atoms with van der Waals surface area (Å²) in [6, 6.07) is 5.47. The predicted octanol–water partition coefficient (Wildman–Crippen LogP) is 2.69. The minimum atomic E-state index is -0.546. The number of hydrogen-bond donors (Lipinski definition) is 0. The number of aryl methyl sites for hydroxylation is 1. The first kappa shape index (κ1) is 14.8. The number of benzene rings is 1. The zero-order chi connectivity index (χ0) is 16.7. The molecule has 0 atom stereocenters. The molecule has 1 heterocycles. The minimum absolute atomic E-state index is 0.113. The Hall–Kier alpha value is -3.09. The molecular formula is C16H12N2O5. The Morgan fingerprint density at radius 1 is 1.26 bits per heavy atom. The van der Waals surface area contributed by atoms with Crippen LogP contribution in [0.5, 0.6) is 0 Å². The molecule has 0 fully saturated rings. The SMILES string of the molecule is CCOC(=O)c1cc2c(nc1C)-c1cc([N+](=O)[O-])ccc1C2=O. The average molecular weight is 312 g/mol. The second-order valence-electron chi connectivity index (χ2n) is 5.05. The third kappa shape index (κ3) is 2.26. The molecule has 1 aliphatic carbocycles. The molecule has 0 saturated heterocycles. The number of nitrogens with zero attached hydrogens (tertiary/aromatic N) is 2. The van der Waals surface area contributed by atoms with E-state index in [0.29, 0.717) is 22.5 Å². The van der Waals surface area contributed by atoms with Crippen LogP contribution < -0.4 is 0 Å². The van der Waals surface area contributed by atoms with E-state index in [2.05, 4.69) is 4.98 Å². The number of aromatic nitrogens is 1. The first-order chi connectivity index (χ1) is 10.9. The number of rotatable bonds is 3. The second-order valence-corrected chi connectivity index (χ2v) is 5.05. The third-order valence-electron chi connectivity index (χ3n) is 3.67. The Bertz CT molecular complexity index is 873. The molecule has 0 bridgehead atoms. The lowest BCUT2D eigenvalue weighted by molar-refractivity contribution is -0.384. The van der Waals surface area contributed by atoms with Gasteiger partial charge in [0, 0.05) is 28.8 Å². The lowest BCUT2D eigenvalue weighted by Crippen LogP contribution is -2.10. The van der Waals surface area contributed by atoms with Crippen molar-refractivity contribution in [3.05, 3.63) is 56.8 Å². The topological polar surface area (TPSA) is 99.4 Å². The van der Waals surface area contributed by atoms with Crippen LogP contribution in [0, 0.1) is 17.0 Å². The Morgan fingerprint density at radius 3 is 2.65 bits per heavy atom. The molecule has 1 aromatic carbocycles. The average Bonchev–Trinajstić information content (AvgIpc) is 2.78. The highest BCUT2D eigenvalue weighted by Crippen LogP contribution is 2.38. The van der Waals surface area contributed by atoms with Gasteiger partial charge in [0.2, 0.25) is 0 Å². The van der Waals surface area contributed by atoms with Gasteiger partial charge in [0.25, 0.3) is 5.69 Å². The minimum Gasteiger partial charge on any atom is -0.462 e. The maximum Gasteiger partial charge on any atom is 0.339 e. The lowest BCUT2D eigenvalue weighted by atomic mass is 10.1. The van der Waals surface area contributed by atoms with Crippen molar-refractivity contribution in [2.24, 2.45) is 0 Å². The summed E-state index contributed by atoms with van der Waals surface area (Å²) in [7, 11) is 0. The summed E-state index contributed by atoms with van der Waals surface area (Å²) in [5.74, 6) is -0.849. The molecule has 1 aliphatic rings. The van der Waals surface area contributed by atoms with Gasteiger partial charge >= 0.3 is 5.97 Å². The van der Waals surface area contributed by atoms with Gasteiger partial charge < -0.3 is 4.74 Å². The number of esters is 1. The smallest absolute Gasteiger partial charge is 0.339 e. The molecule has 0 N–H and O–H groups in total. The van der Waals surface area contributed by atoms with E-state index in [4.69, 9.17) is 4.74 Å². The fourth-order valence-electron chi connectivity index (χ4n) is 2.58. The molecule has 23 heavy (non-hydrogen) atoms. The zero-order valence-corrected chi connectivity index (χ0v) is 12.5. The zero-order valence-electron chi connectivity index (χ0n) is 12.5. The van der Waals surface area contributed by atoms with Gasteiger partial charge in [-0.2, -0.15) is 0 Å². The number of carbonyl (C=O) groups is 2. The summed E-state index contributed by atoms with van der Waals surface area (Å²) in [5.41, 5.74) is 1.90. The molecule has 2 aromatic rings. The van der Waals surface area contributed by atoms with Crippen molar-refractivity contribution in [3.63, 3.8) is 0 Å². The Labute approximate surface area is 131 Å². The quantitative estimate of drug-likeness (QED) is 0.419. The van der Waals surface area contributed by atoms with Crippen LogP contribution in [0.25, 0.3) is 11.3 Å². The second kappa shape index (κ2) is 5.28. The molecular weight excluding hydrogens is 300 g/mol. The van der Waals surface area contributed by atoms with Gasteiger partial charge in [-0.05, 0) is 26.0 Å². The number of nitro groups is 1. The number of ketones is 1. The fraction of sp³-hybridized carbons (Fsp3) is 0.188. The monoisotopic (exact) mass is 312 g/mol. The maximum absolute atomic E-state index is 12.5. The normalized spacial score (nSPS) is 11.8. The van der Waals surface area contributed by atoms with Crippen molar-refractivity contribution in [2.75, 3.05) is 6.61 Å². The van der Waals surface area contributed by atoms with E-state index >= 15 is 0 Å². The fourth-order valence-corrected chi connectivity index (χ4v) is 2.58. The largest absolute Gasteiger partial charge is 0.462 e. The van der Waals surface area contributed by atoms with Gasteiger partial charge in [-0.3, -0.25) is 19.9 Å². The number of non-ortho nitro benzene ring substituents is 1. The number of nitro benzene ring substituents is 1. The molecule has 0 amide bonds. The predicted molar refractivity (Wildman–Crippen MR) is 80.5 cm³/mol. The molecule has 116 valence electrons. The van der Waals surface area contributed by atoms with E-state index in [0.717, 1.165) is 0 Å². The van der Waals surface area contributed by atoms with Crippen LogP contribution in [0.3, 0.4) is 0 Å². The van der Waals surface area contributed by atoms with E-state index in [1.165, 1.54) is 24.3 Å². The molecule has 7 heteroatoms. The molecule has 0 aliphatic heterocycles. The van der Waals surface area contributed by atoms with Crippen LogP contribution in [0.2, 0.25) is 0 Å². The van der Waals surface area contributed by atoms with Crippen LogP contribution in [-0.2, 0) is 4.74 Å². The number of ether oxygens (including phenoxy) is 1. The van der Waals surface area contributed by atoms with Gasteiger partial charge in [0.1, 0.15) is 0 Å². The van der Waals surface area contributed by atoms with Gasteiger partial charge in [-0.15, -0.1) is 0 Å². The summed E-state index contributed by atoms with van der Waals surface area (Å²) in [6.45, 7) is 3.54. The van der Waals surface area contributed by atoms with Crippen molar-refractivity contribution in [3.8, 4) is 11.3 Å². The van der Waals surface area contributed by atoms with Crippen LogP contribution in [-0.4, -0.2) is 28.3 Å². The van der Waals surface area contributed by atoms with E-state index in [-0.39, 0.29) is 29.2 Å². The first-order valence-electron chi connectivity index (χ1n) is 6.96. The standard InChI is InChI=1S/C16H12N2O5/c1-3-23-16(20)11-7-13-14(17-8(11)2)12-6-9(18(21)22)4-5-10(12)15(13)19/h4-7H,3H2,1-2H3. The summed E-state index contributed by atoms with van der Waals surface area (Å²) >= 11 is 0. The van der Waals surface area contributed by atoms with Gasteiger partial charge in [-0.1, -0.05) is 0 Å². The number of fused-ring (bicyclic) bond motifs is 3. The number of hydrogen-bond acceptors (Lipinski definition) is 6. The van der Waals surface area contributed by atoms with E-state index < -0.39 is 10.9 Å². The Balaban J connectivity index is 2.18. The van der Waals surface area contributed by atoms with Crippen LogP contribution in [0.4, 0.5) is 5.69 Å². The summed E-state index contributed by atoms with van der Waals surface area (Å²) in [4.78, 5) is 39.1. The molecule has 3 rings (SSSR count). The first-order valence-corrected chi connectivity index (χ1v) is 6.96. The molecule has 0 saturated carbocycles. The van der Waals surface area contributed by atoms with Crippen molar-refractivity contribution in [2.45, 2.75) is 13.8 Å². The number of carbonyl (C=O) groups excluding carboxylic acids is 2. The molecule has 0 spiro atoms.